The van der Waals surface area contributed by atoms with Crippen LogP contribution >= 0.6 is 0 Å². The molecule has 2 aromatic rings. The van der Waals surface area contributed by atoms with Crippen LogP contribution in [0.15, 0.2) is 48.5 Å². The molecule has 2 rings (SSSR count). The molecule has 2 N–H and O–H groups in total. The second-order valence-electron chi connectivity index (χ2n) is 7.86. The maximum absolute atomic E-state index is 10.8. The van der Waals surface area contributed by atoms with Crippen molar-refractivity contribution in [2.75, 3.05) is 0 Å². The summed E-state index contributed by atoms with van der Waals surface area (Å²) in [6.45, 7) is 5.27. The van der Waals surface area contributed by atoms with Gasteiger partial charge in [-0.05, 0) is 48.7 Å². The van der Waals surface area contributed by atoms with Gasteiger partial charge in [0.25, 0.3) is 0 Å². The van der Waals surface area contributed by atoms with E-state index in [-0.39, 0.29) is 0 Å². The topological polar surface area (TPSA) is 58.6 Å². The molecule has 0 aliphatic heterocycles. The minimum atomic E-state index is -0.972. The number of nitrogens with one attached hydrogen (secondary N) is 1. The van der Waals surface area contributed by atoms with Crippen LogP contribution < -0.4 is 10.1 Å². The van der Waals surface area contributed by atoms with Gasteiger partial charge in [-0.15, -0.1) is 0 Å². The molecule has 4 nitrogen and oxygen atoms in total. The smallest absolute Gasteiger partial charge is 0.344 e. The van der Waals surface area contributed by atoms with Crippen LogP contribution in [0.5, 0.6) is 5.75 Å². The van der Waals surface area contributed by atoms with Crippen molar-refractivity contribution in [2.45, 2.75) is 78.0 Å². The van der Waals surface area contributed by atoms with Crippen LogP contribution in [0.1, 0.15) is 75.5 Å². The van der Waals surface area contributed by atoms with Crippen molar-refractivity contribution in [3.05, 3.63) is 65.2 Å². The molecule has 1 atom stereocenters. The monoisotopic (exact) mass is 421 g/mol. The summed E-state index contributed by atoms with van der Waals surface area (Å²) in [6, 6.07) is 15.9. The van der Waals surface area contributed by atoms with Crippen LogP contribution in [0.25, 0.3) is 0 Å². The standard InChI is InChI=1S/C27H35NO3/c1-3-4-5-6-7-8-9-10-11-23-12-14-24(15-13-23)20-28-21-25-16-18-26(19-17-25)31-22(2)27(29)30/h12-19,22,28H,3-9,20-21H2,1-2H3,(H,29,30). The van der Waals surface area contributed by atoms with Gasteiger partial charge in [-0.3, -0.25) is 0 Å². The Morgan fingerprint density at radius 1 is 0.935 bits per heavy atom. The predicted octanol–water partition coefficient (Wildman–Crippen LogP) is 5.93. The quantitative estimate of drug-likeness (QED) is 0.311. The van der Waals surface area contributed by atoms with Gasteiger partial charge in [0.2, 0.25) is 0 Å². The summed E-state index contributed by atoms with van der Waals surface area (Å²) in [5.41, 5.74) is 3.41. The number of carboxylic acids is 1. The number of carbonyl (C=O) groups is 1. The zero-order chi connectivity index (χ0) is 22.3. The van der Waals surface area contributed by atoms with E-state index in [1.54, 1.807) is 12.1 Å². The number of carboxylic acid groups (broad SMARTS) is 1. The van der Waals surface area contributed by atoms with Gasteiger partial charge in [0.1, 0.15) is 5.75 Å². The molecule has 4 heteroatoms. The highest BCUT2D eigenvalue weighted by molar-refractivity contribution is 5.72. The lowest BCUT2D eigenvalue weighted by Gasteiger charge is -2.11. The SMILES string of the molecule is CCCCCCCCC#Cc1ccc(CNCc2ccc(OC(C)C(=O)O)cc2)cc1. The molecule has 31 heavy (non-hydrogen) atoms. The normalized spacial score (nSPS) is 11.4. The van der Waals surface area contributed by atoms with E-state index in [0.29, 0.717) is 5.75 Å². The third-order valence-electron chi connectivity index (χ3n) is 5.08. The van der Waals surface area contributed by atoms with Gasteiger partial charge in [-0.1, -0.05) is 75.1 Å². The average molecular weight is 422 g/mol. The van der Waals surface area contributed by atoms with E-state index in [4.69, 9.17) is 9.84 Å². The molecule has 0 heterocycles. The number of benzene rings is 2. The Morgan fingerprint density at radius 3 is 2.13 bits per heavy atom. The largest absolute Gasteiger partial charge is 0.479 e. The molecule has 0 bridgehead atoms. The average Bonchev–Trinajstić information content (AvgIpc) is 2.77. The molecule has 0 saturated carbocycles. The van der Waals surface area contributed by atoms with E-state index in [1.165, 1.54) is 51.0 Å². The van der Waals surface area contributed by atoms with E-state index < -0.39 is 12.1 Å². The van der Waals surface area contributed by atoms with E-state index in [0.717, 1.165) is 30.6 Å². The van der Waals surface area contributed by atoms with Gasteiger partial charge in [-0.2, -0.15) is 0 Å². The van der Waals surface area contributed by atoms with Crippen LogP contribution in [-0.4, -0.2) is 17.2 Å². The van der Waals surface area contributed by atoms with Gasteiger partial charge in [0.15, 0.2) is 6.10 Å². The molecular weight excluding hydrogens is 386 g/mol. The molecule has 0 saturated heterocycles. The Bertz CT molecular complexity index is 832. The molecule has 0 fully saturated rings. The van der Waals surface area contributed by atoms with Crippen molar-refractivity contribution in [1.29, 1.82) is 0 Å². The minimum Gasteiger partial charge on any atom is -0.479 e. The molecule has 0 aliphatic carbocycles. The first-order chi connectivity index (χ1) is 15.1. The van der Waals surface area contributed by atoms with Gasteiger partial charge in [-0.25, -0.2) is 4.79 Å². The Kier molecular flexibility index (Phi) is 11.3. The molecule has 0 radical (unpaired) electrons. The number of hydrogen-bond acceptors (Lipinski definition) is 3. The highest BCUT2D eigenvalue weighted by Gasteiger charge is 2.11. The second kappa shape index (κ2) is 14.3. The van der Waals surface area contributed by atoms with Gasteiger partial charge >= 0.3 is 5.97 Å². The highest BCUT2D eigenvalue weighted by Crippen LogP contribution is 2.14. The summed E-state index contributed by atoms with van der Waals surface area (Å²) in [5.74, 6) is 6.14. The first kappa shape index (κ1) is 24.5. The Labute approximate surface area is 187 Å². The molecule has 0 aromatic heterocycles. The molecule has 0 aliphatic rings. The van der Waals surface area contributed by atoms with Crippen LogP contribution in [0.4, 0.5) is 0 Å². The van der Waals surface area contributed by atoms with Crippen molar-refractivity contribution >= 4 is 5.97 Å². The minimum absolute atomic E-state index is 0.562. The fourth-order valence-electron chi connectivity index (χ4n) is 3.16. The molecule has 0 spiro atoms. The number of hydrogen-bond donors (Lipinski definition) is 2. The van der Waals surface area contributed by atoms with E-state index in [9.17, 15) is 4.79 Å². The maximum Gasteiger partial charge on any atom is 0.344 e. The van der Waals surface area contributed by atoms with Crippen LogP contribution in [0.3, 0.4) is 0 Å². The Balaban J connectivity index is 1.67. The first-order valence-corrected chi connectivity index (χ1v) is 11.4. The third-order valence-corrected chi connectivity index (χ3v) is 5.08. The van der Waals surface area contributed by atoms with Crippen molar-refractivity contribution in [2.24, 2.45) is 0 Å². The van der Waals surface area contributed by atoms with Crippen molar-refractivity contribution < 1.29 is 14.6 Å². The molecule has 2 aromatic carbocycles. The first-order valence-electron chi connectivity index (χ1n) is 11.4. The van der Waals surface area contributed by atoms with E-state index >= 15 is 0 Å². The van der Waals surface area contributed by atoms with Gasteiger partial charge in [0.05, 0.1) is 0 Å². The van der Waals surface area contributed by atoms with Crippen molar-refractivity contribution in [3.8, 4) is 17.6 Å². The Hall–Kier alpha value is -2.77. The summed E-state index contributed by atoms with van der Waals surface area (Å²) in [5, 5.41) is 12.3. The predicted molar refractivity (Wildman–Crippen MR) is 126 cm³/mol. The summed E-state index contributed by atoms with van der Waals surface area (Å²) in [7, 11) is 0. The summed E-state index contributed by atoms with van der Waals surface area (Å²) >= 11 is 0. The molecule has 166 valence electrons. The zero-order valence-corrected chi connectivity index (χ0v) is 18.8. The highest BCUT2D eigenvalue weighted by atomic mass is 16.5. The zero-order valence-electron chi connectivity index (χ0n) is 18.8. The lowest BCUT2D eigenvalue weighted by molar-refractivity contribution is -0.144. The number of rotatable bonds is 13. The second-order valence-corrected chi connectivity index (χ2v) is 7.86. The van der Waals surface area contributed by atoms with Gasteiger partial charge < -0.3 is 15.2 Å². The van der Waals surface area contributed by atoms with Crippen LogP contribution in [-0.2, 0) is 17.9 Å². The summed E-state index contributed by atoms with van der Waals surface area (Å²) in [4.78, 5) is 10.8. The van der Waals surface area contributed by atoms with Crippen molar-refractivity contribution in [1.82, 2.24) is 5.32 Å². The molecular formula is C27H35NO3. The molecule has 0 amide bonds. The lowest BCUT2D eigenvalue weighted by Crippen LogP contribution is -2.22. The van der Waals surface area contributed by atoms with Gasteiger partial charge in [0, 0.05) is 25.1 Å². The lowest BCUT2D eigenvalue weighted by atomic mass is 10.1. The number of ether oxygens (including phenoxy) is 1. The molecule has 1 unspecified atom stereocenters. The fraction of sp³-hybridized carbons (Fsp3) is 0.444. The Morgan fingerprint density at radius 2 is 1.52 bits per heavy atom. The number of aliphatic carboxylic acids is 1. The summed E-state index contributed by atoms with van der Waals surface area (Å²) < 4.78 is 5.35. The summed E-state index contributed by atoms with van der Waals surface area (Å²) in [6.07, 6.45) is 7.94. The van der Waals surface area contributed by atoms with Crippen LogP contribution in [0, 0.1) is 11.8 Å². The van der Waals surface area contributed by atoms with Crippen LogP contribution in [0.2, 0.25) is 0 Å². The number of unbranched alkanes of at least 4 members (excludes halogenated alkanes) is 6. The van der Waals surface area contributed by atoms with E-state index in [1.807, 2.05) is 12.1 Å². The van der Waals surface area contributed by atoms with E-state index in [2.05, 4.69) is 48.3 Å². The maximum atomic E-state index is 10.8. The third kappa shape index (κ3) is 10.2. The fourth-order valence-corrected chi connectivity index (χ4v) is 3.16. The van der Waals surface area contributed by atoms with Crippen molar-refractivity contribution in [3.63, 3.8) is 0 Å².